The van der Waals surface area contributed by atoms with E-state index in [4.69, 9.17) is 13.8 Å². The molecule has 11 heteroatoms. The molecule has 4 atom stereocenters. The van der Waals surface area contributed by atoms with E-state index in [1.165, 1.54) is 17.2 Å². The Morgan fingerprint density at radius 1 is 1.15 bits per heavy atom. The van der Waals surface area contributed by atoms with Crippen LogP contribution < -0.4 is 15.0 Å². The molecule has 8 nitrogen and oxygen atoms in total. The van der Waals surface area contributed by atoms with Crippen molar-refractivity contribution in [1.29, 1.82) is 0 Å². The number of ether oxygens (including phenoxy) is 1. The minimum atomic E-state index is -2.32. The highest BCUT2D eigenvalue weighted by atomic mass is 19.1. The number of benzene rings is 1. The fraction of sp³-hybridized carbons (Fsp3) is 0.567. The van der Waals surface area contributed by atoms with Crippen molar-refractivity contribution in [2.45, 2.75) is 74.6 Å². The third kappa shape index (κ3) is 4.31. The second kappa shape index (κ2) is 9.42. The number of alkyl halides is 1. The molecule has 2 N–H and O–H groups in total. The summed E-state index contributed by atoms with van der Waals surface area (Å²) in [6.07, 6.45) is 2.94. The Morgan fingerprint density at radius 3 is 2.73 bits per heavy atom. The van der Waals surface area contributed by atoms with E-state index in [0.717, 1.165) is 31.7 Å². The van der Waals surface area contributed by atoms with Crippen LogP contribution >= 0.6 is 0 Å². The summed E-state index contributed by atoms with van der Waals surface area (Å²) in [5.74, 6) is -1.38. The van der Waals surface area contributed by atoms with Crippen molar-refractivity contribution >= 4 is 16.7 Å². The van der Waals surface area contributed by atoms with Gasteiger partial charge in [0.05, 0.1) is 12.3 Å². The third-order valence-electron chi connectivity index (χ3n) is 9.30. The summed E-state index contributed by atoms with van der Waals surface area (Å²) in [6.45, 7) is -1.05. The number of phenolic OH excluding ortho intramolecular Hbond substituents is 1. The first-order chi connectivity index (χ1) is 20.9. The Kier molecular flexibility index (Phi) is 5.15. The predicted molar refractivity (Wildman–Crippen MR) is 147 cm³/mol. The van der Waals surface area contributed by atoms with Crippen molar-refractivity contribution in [2.75, 3.05) is 37.6 Å². The zero-order chi connectivity index (χ0) is 30.6. The topological polar surface area (TPSA) is 86.6 Å². The number of phenols is 1. The zero-order valence-corrected chi connectivity index (χ0v) is 22.5. The first-order valence-electron chi connectivity index (χ1n) is 15.9. The number of hydrogen-bond donors (Lipinski definition) is 2. The highest BCUT2D eigenvalue weighted by molar-refractivity contribution is 5.92. The van der Waals surface area contributed by atoms with E-state index in [9.17, 15) is 9.50 Å². The number of anilines is 1. The first kappa shape index (κ1) is 22.4. The van der Waals surface area contributed by atoms with Crippen LogP contribution in [-0.2, 0) is 0 Å². The van der Waals surface area contributed by atoms with Gasteiger partial charge in [-0.2, -0.15) is 9.97 Å². The lowest BCUT2D eigenvalue weighted by Crippen LogP contribution is -2.51. The molecule has 5 fully saturated rings. The van der Waals surface area contributed by atoms with Crippen LogP contribution in [-0.4, -0.2) is 81.5 Å². The molecule has 216 valence electrons. The lowest BCUT2D eigenvalue weighted by atomic mass is 9.95. The Labute approximate surface area is 240 Å². The number of aromatic nitrogens is 3. The fourth-order valence-electron chi connectivity index (χ4n) is 7.19. The van der Waals surface area contributed by atoms with Gasteiger partial charge in [0.1, 0.15) is 41.3 Å². The molecule has 6 heterocycles. The Bertz CT molecular complexity index is 1660. The van der Waals surface area contributed by atoms with Gasteiger partial charge in [-0.05, 0) is 57.0 Å². The molecule has 4 saturated heterocycles. The molecule has 2 aromatic heterocycles. The maximum atomic E-state index is 16.6. The molecule has 1 aliphatic carbocycles. The molecule has 0 unspecified atom stereocenters. The molecule has 1 aromatic carbocycles. The van der Waals surface area contributed by atoms with Crippen LogP contribution in [0.4, 0.5) is 19.0 Å². The molecule has 8 rings (SSSR count). The van der Waals surface area contributed by atoms with Crippen LogP contribution in [0.1, 0.15) is 60.5 Å². The summed E-state index contributed by atoms with van der Waals surface area (Å²) in [7, 11) is 0. The highest BCUT2D eigenvalue weighted by Crippen LogP contribution is 2.47. The number of rotatable bonds is 6. The summed E-state index contributed by atoms with van der Waals surface area (Å²) in [4.78, 5) is 17.0. The van der Waals surface area contributed by atoms with Crippen molar-refractivity contribution in [3.05, 3.63) is 35.5 Å². The number of pyridine rings is 1. The molecular formula is C30H33F3N6O2. The molecule has 0 amide bonds. The fourth-order valence-corrected chi connectivity index (χ4v) is 7.19. The zero-order valence-electron chi connectivity index (χ0n) is 25.5. The minimum Gasteiger partial charge on any atom is -0.508 e. The first-order valence-corrected chi connectivity index (χ1v) is 14.4. The molecule has 41 heavy (non-hydrogen) atoms. The summed E-state index contributed by atoms with van der Waals surface area (Å²) in [6, 6.07) is 2.70. The number of aromatic hydroxyl groups is 1. The smallest absolute Gasteiger partial charge is 0.319 e. The van der Waals surface area contributed by atoms with Gasteiger partial charge < -0.3 is 20.1 Å². The Balaban J connectivity index is 1.23. The lowest BCUT2D eigenvalue weighted by molar-refractivity contribution is 0.107. The SMILES string of the molecule is [2H]C1([2H])CC[C@@]2(COc3nc(N4C[C@H]5CC[C@@H](C4)N5)c4cnc(-c5cc(O)cc(F)c5C5CC5)c(F)c4n3)C[C@@]([2H])(F)CN12. The van der Waals surface area contributed by atoms with Gasteiger partial charge in [-0.15, -0.1) is 0 Å². The van der Waals surface area contributed by atoms with E-state index in [2.05, 4.69) is 20.2 Å². The summed E-state index contributed by atoms with van der Waals surface area (Å²) in [5.41, 5.74) is -0.776. The molecule has 0 spiro atoms. The highest BCUT2D eigenvalue weighted by Gasteiger charge is 2.49. The van der Waals surface area contributed by atoms with Gasteiger partial charge in [0, 0.05) is 64.3 Å². The van der Waals surface area contributed by atoms with Crippen molar-refractivity contribution in [2.24, 2.45) is 0 Å². The van der Waals surface area contributed by atoms with Crippen molar-refractivity contribution in [1.82, 2.24) is 25.2 Å². The van der Waals surface area contributed by atoms with Gasteiger partial charge in [0.15, 0.2) is 5.82 Å². The van der Waals surface area contributed by atoms with Gasteiger partial charge in [0.25, 0.3) is 0 Å². The molecule has 5 aliphatic rings. The van der Waals surface area contributed by atoms with Gasteiger partial charge in [-0.25, -0.2) is 13.2 Å². The van der Waals surface area contributed by atoms with Crippen LogP contribution in [0, 0.1) is 11.6 Å². The molecule has 1 saturated carbocycles. The Hall–Kier alpha value is -3.18. The van der Waals surface area contributed by atoms with Gasteiger partial charge in [0.2, 0.25) is 0 Å². The molecule has 3 aromatic rings. The molecule has 0 radical (unpaired) electrons. The lowest BCUT2D eigenvalue weighted by Gasteiger charge is -2.34. The second-order valence-corrected chi connectivity index (χ2v) is 12.2. The molecule has 4 aliphatic heterocycles. The maximum Gasteiger partial charge on any atom is 0.319 e. The average Bonchev–Trinajstić information content (AvgIpc) is 3.63. The third-order valence-corrected chi connectivity index (χ3v) is 9.30. The predicted octanol–water partition coefficient (Wildman–Crippen LogP) is 4.45. The number of nitrogens with zero attached hydrogens (tertiary/aromatic N) is 5. The van der Waals surface area contributed by atoms with Crippen LogP contribution in [0.5, 0.6) is 11.8 Å². The summed E-state index contributed by atoms with van der Waals surface area (Å²) in [5, 5.41) is 14.1. The second-order valence-electron chi connectivity index (χ2n) is 12.2. The van der Waals surface area contributed by atoms with Crippen LogP contribution in [0.15, 0.2) is 18.3 Å². The number of piperazine rings is 1. The van der Waals surface area contributed by atoms with E-state index < -0.39 is 29.8 Å². The summed E-state index contributed by atoms with van der Waals surface area (Å²) >= 11 is 0. The monoisotopic (exact) mass is 569 g/mol. The quantitative estimate of drug-likeness (QED) is 0.451. The molecular weight excluding hydrogens is 533 g/mol. The minimum absolute atomic E-state index is 0.0748. The van der Waals surface area contributed by atoms with Crippen molar-refractivity contribution in [3.63, 3.8) is 0 Å². The van der Waals surface area contributed by atoms with Crippen molar-refractivity contribution < 1.29 is 27.1 Å². The van der Waals surface area contributed by atoms with Gasteiger partial charge in [-0.3, -0.25) is 9.88 Å². The van der Waals surface area contributed by atoms with E-state index in [1.54, 1.807) is 0 Å². The number of halogens is 3. The van der Waals surface area contributed by atoms with Gasteiger partial charge >= 0.3 is 6.01 Å². The molecule has 2 bridgehead atoms. The standard InChI is InChI=1S/C30H33F3N6O2/c31-17-10-30(6-1-7-39(30)12-17)15-41-29-36-27-22(28(37-29)38-13-18-4-5-19(14-38)35-18)11-34-26(25(27)33)21-8-20(40)9-23(32)24(21)16-2-3-16/h8-9,11,16-19,35,40H,1-7,10,12-15H2/t17-,18-,19+,30+/m1/s1/i7D2,17D. The van der Waals surface area contributed by atoms with E-state index in [0.29, 0.717) is 36.3 Å². The van der Waals surface area contributed by atoms with Gasteiger partial charge in [-0.1, -0.05) is 0 Å². The van der Waals surface area contributed by atoms with Crippen LogP contribution in [0.3, 0.4) is 0 Å². The van der Waals surface area contributed by atoms with E-state index in [-0.39, 0.29) is 72.5 Å². The number of fused-ring (bicyclic) bond motifs is 4. The Morgan fingerprint density at radius 2 is 1.95 bits per heavy atom. The average molecular weight is 570 g/mol. The maximum absolute atomic E-state index is 16.6. The largest absolute Gasteiger partial charge is 0.508 e. The van der Waals surface area contributed by atoms with E-state index >= 15 is 8.78 Å². The van der Waals surface area contributed by atoms with Crippen LogP contribution in [0.2, 0.25) is 0 Å². The summed E-state index contributed by atoms with van der Waals surface area (Å²) < 4.78 is 77.3. The van der Waals surface area contributed by atoms with Crippen molar-refractivity contribution in [3.8, 4) is 23.0 Å². The normalized spacial score (nSPS) is 33.5. The number of hydrogen-bond acceptors (Lipinski definition) is 8. The number of nitrogens with one attached hydrogen (secondary N) is 1. The van der Waals surface area contributed by atoms with Crippen LogP contribution in [0.25, 0.3) is 22.2 Å². The van der Waals surface area contributed by atoms with E-state index in [1.807, 2.05) is 0 Å².